The fourth-order valence-electron chi connectivity index (χ4n) is 1.67. The summed E-state index contributed by atoms with van der Waals surface area (Å²) < 4.78 is 0. The van der Waals surface area contributed by atoms with Crippen molar-refractivity contribution in [2.75, 3.05) is 5.32 Å². The van der Waals surface area contributed by atoms with Crippen molar-refractivity contribution in [2.24, 2.45) is 0 Å². The average molecular weight is 265 g/mol. The smallest absolute Gasteiger partial charge is 0.269 e. The number of carbonyl (C=O) groups excluding carboxylic acids is 1. The second-order valence-corrected chi connectivity index (χ2v) is 4.07. The van der Waals surface area contributed by atoms with Crippen LogP contribution in [0.25, 0.3) is 0 Å². The van der Waals surface area contributed by atoms with Gasteiger partial charge in [0.1, 0.15) is 0 Å². The molecule has 1 aliphatic heterocycles. The molecule has 0 atom stereocenters. The van der Waals surface area contributed by atoms with Crippen LogP contribution < -0.4 is 5.32 Å². The van der Waals surface area contributed by atoms with Gasteiger partial charge in [0.2, 0.25) is 5.91 Å². The highest BCUT2D eigenvalue weighted by molar-refractivity contribution is 6.05. The lowest BCUT2D eigenvalue weighted by molar-refractivity contribution is -0.384. The molecule has 1 heterocycles. The van der Waals surface area contributed by atoms with Gasteiger partial charge in [0.05, 0.1) is 10.3 Å². The number of hydrogen-bond acceptors (Lipinski definition) is 4. The van der Waals surface area contributed by atoms with Crippen LogP contribution in [0.1, 0.15) is 33.3 Å². The highest BCUT2D eigenvalue weighted by Gasteiger charge is 2.39. The Balaban J connectivity index is 0.000000741. The number of nitrogens with one attached hydrogen (secondary N) is 2. The maximum atomic E-state index is 11.6. The molecule has 104 valence electrons. The van der Waals surface area contributed by atoms with Crippen LogP contribution >= 0.6 is 0 Å². The third-order valence-corrected chi connectivity index (χ3v) is 2.70. The lowest BCUT2D eigenvalue weighted by atomic mass is 9.86. The number of nitrogens with zero attached hydrogens (tertiary/aromatic N) is 1. The van der Waals surface area contributed by atoms with Crippen molar-refractivity contribution >= 4 is 24.0 Å². The van der Waals surface area contributed by atoms with E-state index in [1.54, 1.807) is 19.9 Å². The molecule has 2 rings (SSSR count). The molecule has 2 N–H and O–H groups in total. The van der Waals surface area contributed by atoms with Crippen LogP contribution in [0.3, 0.4) is 0 Å². The predicted octanol–water partition coefficient (Wildman–Crippen LogP) is 3.12. The van der Waals surface area contributed by atoms with E-state index in [-0.39, 0.29) is 11.6 Å². The van der Waals surface area contributed by atoms with Gasteiger partial charge in [0.15, 0.2) is 0 Å². The number of anilines is 1. The number of amides is 1. The Morgan fingerprint density at radius 3 is 2.32 bits per heavy atom. The lowest BCUT2D eigenvalue weighted by Gasteiger charge is -2.14. The summed E-state index contributed by atoms with van der Waals surface area (Å²) in [6.07, 6.45) is 0. The Morgan fingerprint density at radius 2 is 1.84 bits per heavy atom. The molecule has 0 fully saturated rings. The van der Waals surface area contributed by atoms with Gasteiger partial charge in [-0.2, -0.15) is 0 Å². The Kier molecular flexibility index (Phi) is 5.85. The summed E-state index contributed by atoms with van der Waals surface area (Å²) in [5, 5.41) is 18.8. The van der Waals surface area contributed by atoms with Gasteiger partial charge >= 0.3 is 0 Å². The van der Waals surface area contributed by atoms with E-state index in [4.69, 9.17) is 5.41 Å². The maximum Gasteiger partial charge on any atom is 0.269 e. The van der Waals surface area contributed by atoms with E-state index in [0.29, 0.717) is 11.3 Å². The molecule has 6 heteroatoms. The molecule has 1 aliphatic rings. The molecule has 0 radical (unpaired) electrons. The summed E-state index contributed by atoms with van der Waals surface area (Å²) in [6.45, 7) is 10.00. The van der Waals surface area contributed by atoms with E-state index in [1.807, 2.05) is 13.8 Å². The standard InChI is InChI=1S/C10H10N2O3.C2H6.CH3N/c1-10(2)7-5-6(12(14)15)3-4-8(7)11-9(10)13;2*1-2/h3-5H,1-2H3,(H,11,13);1-2H3;2H,1H2. The predicted molar refractivity (Wildman–Crippen MR) is 75.9 cm³/mol. The number of carbonyl (C=O) groups is 1. The molecular formula is C13H19N3O3. The molecular weight excluding hydrogens is 246 g/mol. The van der Waals surface area contributed by atoms with E-state index in [9.17, 15) is 14.9 Å². The number of fused-ring (bicyclic) bond motifs is 1. The average Bonchev–Trinajstić information content (AvgIpc) is 2.65. The van der Waals surface area contributed by atoms with Gasteiger partial charge in [0.25, 0.3) is 5.69 Å². The molecule has 0 unspecified atom stereocenters. The monoisotopic (exact) mass is 265 g/mol. The molecule has 6 nitrogen and oxygen atoms in total. The van der Waals surface area contributed by atoms with Gasteiger partial charge in [-0.1, -0.05) is 13.8 Å². The van der Waals surface area contributed by atoms with Crippen molar-refractivity contribution in [3.8, 4) is 0 Å². The number of nitro groups is 1. The maximum absolute atomic E-state index is 11.6. The highest BCUT2D eigenvalue weighted by atomic mass is 16.6. The summed E-state index contributed by atoms with van der Waals surface area (Å²) in [5.41, 5.74) is 0.664. The van der Waals surface area contributed by atoms with E-state index < -0.39 is 10.3 Å². The van der Waals surface area contributed by atoms with Gasteiger partial charge < -0.3 is 10.7 Å². The zero-order chi connectivity index (χ0) is 15.2. The molecule has 0 saturated carbocycles. The molecule has 0 aliphatic carbocycles. The summed E-state index contributed by atoms with van der Waals surface area (Å²) in [4.78, 5) is 21.7. The molecule has 1 aromatic rings. The van der Waals surface area contributed by atoms with Crippen LogP contribution in [0, 0.1) is 15.5 Å². The fourth-order valence-corrected chi connectivity index (χ4v) is 1.67. The first kappa shape index (κ1) is 16.8. The molecule has 1 aromatic carbocycles. The number of nitro benzene ring substituents is 1. The van der Waals surface area contributed by atoms with E-state index in [2.05, 4.69) is 12.0 Å². The molecule has 0 spiro atoms. The summed E-state index contributed by atoms with van der Waals surface area (Å²) in [6, 6.07) is 4.41. The quantitative estimate of drug-likeness (QED) is 0.464. The van der Waals surface area contributed by atoms with Crippen LogP contribution in [0.4, 0.5) is 11.4 Å². The zero-order valence-electron chi connectivity index (χ0n) is 11.6. The first-order valence-electron chi connectivity index (χ1n) is 5.88. The second-order valence-electron chi connectivity index (χ2n) is 4.07. The lowest BCUT2D eigenvalue weighted by Crippen LogP contribution is -2.26. The number of benzene rings is 1. The number of hydrogen-bond donors (Lipinski definition) is 2. The highest BCUT2D eigenvalue weighted by Crippen LogP contribution is 2.38. The first-order chi connectivity index (χ1) is 8.93. The van der Waals surface area contributed by atoms with Gasteiger partial charge in [-0.25, -0.2) is 0 Å². The summed E-state index contributed by atoms with van der Waals surface area (Å²) in [7, 11) is 0. The third-order valence-electron chi connectivity index (χ3n) is 2.70. The van der Waals surface area contributed by atoms with E-state index >= 15 is 0 Å². The normalized spacial score (nSPS) is 14.0. The Labute approximate surface area is 112 Å². The van der Waals surface area contributed by atoms with Gasteiger partial charge in [-0.05, 0) is 32.2 Å². The second kappa shape index (κ2) is 6.63. The number of non-ortho nitro benzene ring substituents is 1. The molecule has 0 aromatic heterocycles. The van der Waals surface area contributed by atoms with E-state index in [0.717, 1.165) is 0 Å². The minimum Gasteiger partial charge on any atom is -0.325 e. The molecule has 0 bridgehead atoms. The van der Waals surface area contributed by atoms with Gasteiger partial charge in [-0.3, -0.25) is 14.9 Å². The SMILES string of the molecule is C=N.CC.CC1(C)C(=O)Nc2ccc([N+](=O)[O-])cc21. The molecule has 1 amide bonds. The van der Waals surface area contributed by atoms with Crippen molar-refractivity contribution in [1.29, 1.82) is 5.41 Å². The van der Waals surface area contributed by atoms with Crippen LogP contribution in [0.5, 0.6) is 0 Å². The third kappa shape index (κ3) is 3.15. The minimum atomic E-state index is -0.693. The largest absolute Gasteiger partial charge is 0.325 e. The van der Waals surface area contributed by atoms with Crippen LogP contribution in [-0.4, -0.2) is 17.5 Å². The zero-order valence-corrected chi connectivity index (χ0v) is 11.6. The van der Waals surface area contributed by atoms with Crippen LogP contribution in [0.15, 0.2) is 18.2 Å². The Bertz CT molecular complexity index is 484. The number of rotatable bonds is 1. The van der Waals surface area contributed by atoms with Crippen LogP contribution in [-0.2, 0) is 10.2 Å². The summed E-state index contributed by atoms with van der Waals surface area (Å²) in [5.74, 6) is -0.127. The topological polar surface area (TPSA) is 96.1 Å². The fraction of sp³-hybridized carbons (Fsp3) is 0.385. The van der Waals surface area contributed by atoms with Crippen molar-refractivity contribution in [2.45, 2.75) is 33.1 Å². The molecule has 19 heavy (non-hydrogen) atoms. The molecule has 0 saturated heterocycles. The first-order valence-corrected chi connectivity index (χ1v) is 5.88. The van der Waals surface area contributed by atoms with E-state index in [1.165, 1.54) is 12.1 Å². The van der Waals surface area contributed by atoms with Crippen LogP contribution in [0.2, 0.25) is 0 Å². The van der Waals surface area contributed by atoms with Gasteiger partial charge in [0, 0.05) is 17.8 Å². The van der Waals surface area contributed by atoms with Gasteiger partial charge in [-0.15, -0.1) is 0 Å². The van der Waals surface area contributed by atoms with Crippen molar-refractivity contribution < 1.29 is 9.72 Å². The van der Waals surface area contributed by atoms with Crippen molar-refractivity contribution in [3.05, 3.63) is 33.9 Å². The van der Waals surface area contributed by atoms with Crippen molar-refractivity contribution in [3.63, 3.8) is 0 Å². The Hall–Kier alpha value is -2.24. The van der Waals surface area contributed by atoms with Crippen molar-refractivity contribution in [1.82, 2.24) is 0 Å². The minimum absolute atomic E-state index is 0.0123. The Morgan fingerprint density at radius 1 is 1.32 bits per heavy atom. The summed E-state index contributed by atoms with van der Waals surface area (Å²) >= 11 is 0.